The van der Waals surface area contributed by atoms with Crippen LogP contribution in [0.15, 0.2) is 0 Å². The lowest BCUT2D eigenvalue weighted by Gasteiger charge is -2.23. The van der Waals surface area contributed by atoms with Crippen LogP contribution in [0.25, 0.3) is 0 Å². The average Bonchev–Trinajstić information content (AvgIpc) is 2.47. The van der Waals surface area contributed by atoms with Gasteiger partial charge in [0.25, 0.3) is 0 Å². The van der Waals surface area contributed by atoms with Gasteiger partial charge in [-0.15, -0.1) is 0 Å². The average molecular weight is 294 g/mol. The maximum absolute atomic E-state index is 11.8. The Morgan fingerprint density at radius 3 is 2.57 bits per heavy atom. The summed E-state index contributed by atoms with van der Waals surface area (Å²) >= 11 is 0. The zero-order chi connectivity index (χ0) is 15.7. The van der Waals surface area contributed by atoms with E-state index in [4.69, 9.17) is 5.26 Å². The molecule has 6 heteroatoms. The first-order chi connectivity index (χ1) is 10.0. The quantitative estimate of drug-likeness (QED) is 0.779. The third-order valence-electron chi connectivity index (χ3n) is 3.76. The number of urea groups is 1. The van der Waals surface area contributed by atoms with E-state index in [2.05, 4.69) is 16.7 Å². The highest BCUT2D eigenvalue weighted by Crippen LogP contribution is 2.17. The Kier molecular flexibility index (Phi) is 7.76. The highest BCUT2D eigenvalue weighted by molar-refractivity contribution is 5.95. The molecule has 0 aromatic heterocycles. The lowest BCUT2D eigenvalue weighted by atomic mass is 9.96. The zero-order valence-corrected chi connectivity index (χ0v) is 13.0. The molecule has 1 rings (SSSR count). The maximum Gasteiger partial charge on any atom is 0.321 e. The number of hydrogen-bond donors (Lipinski definition) is 2. The minimum absolute atomic E-state index is 0.131. The molecule has 0 spiro atoms. The molecule has 6 nitrogen and oxygen atoms in total. The summed E-state index contributed by atoms with van der Waals surface area (Å²) < 4.78 is 0. The lowest BCUT2D eigenvalue weighted by Crippen LogP contribution is -2.48. The summed E-state index contributed by atoms with van der Waals surface area (Å²) in [5.41, 5.74) is 0. The van der Waals surface area contributed by atoms with Gasteiger partial charge in [0.1, 0.15) is 0 Å². The Hall–Kier alpha value is -1.61. The van der Waals surface area contributed by atoms with E-state index >= 15 is 0 Å². The van der Waals surface area contributed by atoms with Gasteiger partial charge in [0, 0.05) is 12.6 Å². The largest absolute Gasteiger partial charge is 0.335 e. The summed E-state index contributed by atoms with van der Waals surface area (Å²) in [5.74, 6) is -0.455. The topological polar surface area (TPSA) is 85.2 Å². The molecule has 1 atom stereocenters. The molecule has 1 saturated carbocycles. The summed E-state index contributed by atoms with van der Waals surface area (Å²) in [6, 6.07) is 1.93. The summed E-state index contributed by atoms with van der Waals surface area (Å²) in [5, 5.41) is 14.0. The summed E-state index contributed by atoms with van der Waals surface area (Å²) in [4.78, 5) is 25.5. The van der Waals surface area contributed by atoms with Crippen molar-refractivity contribution in [1.82, 2.24) is 15.5 Å². The molecule has 0 radical (unpaired) electrons. The van der Waals surface area contributed by atoms with E-state index in [1.807, 2.05) is 18.7 Å². The SMILES string of the molecule is CCN(CC(=O)NC(=O)NC1CCCCC1)C[C@@H](C)C#N. The number of hydrogen-bond acceptors (Lipinski definition) is 4. The number of carbonyl (C=O) groups is 2. The van der Waals surface area contributed by atoms with E-state index in [1.54, 1.807) is 0 Å². The van der Waals surface area contributed by atoms with E-state index in [1.165, 1.54) is 6.42 Å². The highest BCUT2D eigenvalue weighted by atomic mass is 16.2. The predicted molar refractivity (Wildman–Crippen MR) is 80.4 cm³/mol. The van der Waals surface area contributed by atoms with Gasteiger partial charge in [-0.05, 0) is 26.3 Å². The van der Waals surface area contributed by atoms with Crippen LogP contribution in [-0.2, 0) is 4.79 Å². The Morgan fingerprint density at radius 1 is 1.33 bits per heavy atom. The van der Waals surface area contributed by atoms with Crippen molar-refractivity contribution < 1.29 is 9.59 Å². The summed E-state index contributed by atoms with van der Waals surface area (Å²) in [7, 11) is 0. The van der Waals surface area contributed by atoms with Crippen LogP contribution in [0.2, 0.25) is 0 Å². The first-order valence-corrected chi connectivity index (χ1v) is 7.77. The van der Waals surface area contributed by atoms with E-state index in [0.29, 0.717) is 13.1 Å². The van der Waals surface area contributed by atoms with Crippen molar-refractivity contribution in [1.29, 1.82) is 5.26 Å². The summed E-state index contributed by atoms with van der Waals surface area (Å²) in [6.45, 7) is 5.09. The molecule has 118 valence electrons. The molecule has 21 heavy (non-hydrogen) atoms. The fraction of sp³-hybridized carbons (Fsp3) is 0.800. The van der Waals surface area contributed by atoms with E-state index in [0.717, 1.165) is 25.7 Å². The number of rotatable bonds is 6. The Balaban J connectivity index is 2.30. The minimum Gasteiger partial charge on any atom is -0.335 e. The third-order valence-corrected chi connectivity index (χ3v) is 3.76. The van der Waals surface area contributed by atoms with Crippen molar-refractivity contribution in [3.05, 3.63) is 0 Å². The molecule has 0 aromatic carbocycles. The lowest BCUT2D eigenvalue weighted by molar-refractivity contribution is -0.121. The van der Waals surface area contributed by atoms with Crippen molar-refractivity contribution in [2.24, 2.45) is 5.92 Å². The number of carbonyl (C=O) groups excluding carboxylic acids is 2. The molecule has 2 N–H and O–H groups in total. The second kappa shape index (κ2) is 9.35. The van der Waals surface area contributed by atoms with Gasteiger partial charge in [-0.3, -0.25) is 15.0 Å². The van der Waals surface area contributed by atoms with Gasteiger partial charge in [-0.1, -0.05) is 26.2 Å². The normalized spacial score (nSPS) is 17.0. The van der Waals surface area contributed by atoms with Crippen molar-refractivity contribution >= 4 is 11.9 Å². The van der Waals surface area contributed by atoms with Gasteiger partial charge < -0.3 is 5.32 Å². The molecule has 0 unspecified atom stereocenters. The number of nitrogens with one attached hydrogen (secondary N) is 2. The van der Waals surface area contributed by atoms with Crippen LogP contribution in [0.1, 0.15) is 46.0 Å². The zero-order valence-electron chi connectivity index (χ0n) is 13.0. The molecule has 1 aliphatic carbocycles. The van der Waals surface area contributed by atoms with E-state index in [9.17, 15) is 9.59 Å². The standard InChI is InChI=1S/C15H26N4O2/c1-3-19(10-12(2)9-16)11-14(20)18-15(21)17-13-7-5-4-6-8-13/h12-13H,3-8,10-11H2,1-2H3,(H2,17,18,20,21)/t12-/m0/s1. The van der Waals surface area contributed by atoms with Crippen molar-refractivity contribution in [2.75, 3.05) is 19.6 Å². The van der Waals surface area contributed by atoms with Crippen LogP contribution < -0.4 is 10.6 Å². The monoisotopic (exact) mass is 294 g/mol. The number of nitrogens with zero attached hydrogens (tertiary/aromatic N) is 2. The Bertz CT molecular complexity index is 386. The van der Waals surface area contributed by atoms with Gasteiger partial charge in [-0.2, -0.15) is 5.26 Å². The van der Waals surface area contributed by atoms with Crippen molar-refractivity contribution in [3.8, 4) is 6.07 Å². The first-order valence-electron chi connectivity index (χ1n) is 7.77. The number of likely N-dealkylation sites (N-methyl/N-ethyl adjacent to an activating group) is 1. The van der Waals surface area contributed by atoms with Gasteiger partial charge in [0.05, 0.1) is 18.5 Å². The van der Waals surface area contributed by atoms with Gasteiger partial charge in [0.2, 0.25) is 5.91 Å². The second-order valence-electron chi connectivity index (χ2n) is 5.71. The first kappa shape index (κ1) is 17.4. The molecule has 1 aliphatic rings. The molecule has 0 aromatic rings. The van der Waals surface area contributed by atoms with Gasteiger partial charge in [0.15, 0.2) is 0 Å². The molecular weight excluding hydrogens is 268 g/mol. The van der Waals surface area contributed by atoms with Crippen LogP contribution >= 0.6 is 0 Å². The Morgan fingerprint density at radius 2 is 2.00 bits per heavy atom. The Labute approximate surface area is 126 Å². The fourth-order valence-corrected chi connectivity index (χ4v) is 2.57. The fourth-order valence-electron chi connectivity index (χ4n) is 2.57. The number of nitriles is 1. The molecule has 0 bridgehead atoms. The predicted octanol–water partition coefficient (Wildman–Crippen LogP) is 1.63. The van der Waals surface area contributed by atoms with Crippen LogP contribution in [-0.4, -0.2) is 42.5 Å². The molecule has 1 fully saturated rings. The molecule has 0 aliphatic heterocycles. The van der Waals surface area contributed by atoms with E-state index in [-0.39, 0.29) is 24.4 Å². The minimum atomic E-state index is -0.406. The number of imide groups is 1. The van der Waals surface area contributed by atoms with Crippen LogP contribution in [0.3, 0.4) is 0 Å². The van der Waals surface area contributed by atoms with Crippen LogP contribution in [0.4, 0.5) is 4.79 Å². The molecular formula is C15H26N4O2. The maximum atomic E-state index is 11.8. The van der Waals surface area contributed by atoms with Crippen LogP contribution in [0, 0.1) is 17.2 Å². The molecule has 0 saturated heterocycles. The summed E-state index contributed by atoms with van der Waals surface area (Å²) in [6.07, 6.45) is 5.47. The van der Waals surface area contributed by atoms with E-state index < -0.39 is 6.03 Å². The van der Waals surface area contributed by atoms with Gasteiger partial charge in [-0.25, -0.2) is 4.79 Å². The molecule has 3 amide bonds. The number of amides is 3. The second-order valence-corrected chi connectivity index (χ2v) is 5.71. The van der Waals surface area contributed by atoms with Crippen LogP contribution in [0.5, 0.6) is 0 Å². The van der Waals surface area contributed by atoms with Crippen molar-refractivity contribution in [3.63, 3.8) is 0 Å². The molecule has 0 heterocycles. The van der Waals surface area contributed by atoms with Gasteiger partial charge >= 0.3 is 6.03 Å². The highest BCUT2D eigenvalue weighted by Gasteiger charge is 2.18. The third kappa shape index (κ3) is 7.09. The smallest absolute Gasteiger partial charge is 0.321 e. The van der Waals surface area contributed by atoms with Crippen molar-refractivity contribution in [2.45, 2.75) is 52.0 Å².